The molecule has 1 fully saturated rings. The molecule has 0 saturated carbocycles. The molecular weight excluding hydrogens is 547 g/mol. The third-order valence-electron chi connectivity index (χ3n) is 7.01. The summed E-state index contributed by atoms with van der Waals surface area (Å²) >= 11 is 8.90. The first-order chi connectivity index (χ1) is 18.3. The molecule has 1 N–H and O–H groups in total. The van der Waals surface area contributed by atoms with E-state index in [-0.39, 0.29) is 4.90 Å². The monoisotopic (exact) mass is 571 g/mol. The fourth-order valence-corrected chi connectivity index (χ4v) is 11.7. The lowest BCUT2D eigenvalue weighted by Gasteiger charge is -2.33. The van der Waals surface area contributed by atoms with Crippen molar-refractivity contribution >= 4 is 55.6 Å². The molecule has 4 aromatic carbocycles. The predicted octanol–water partition coefficient (Wildman–Crippen LogP) is 7.45. The molecule has 6 rings (SSSR count). The van der Waals surface area contributed by atoms with Crippen LogP contribution in [0.15, 0.2) is 119 Å². The quantitative estimate of drug-likeness (QED) is 0.198. The highest BCUT2D eigenvalue weighted by molar-refractivity contribution is 8.36. The lowest BCUT2D eigenvalue weighted by Crippen LogP contribution is -2.38. The minimum absolute atomic E-state index is 0.278. The summed E-state index contributed by atoms with van der Waals surface area (Å²) in [5.74, 6) is 0. The second-order valence-electron chi connectivity index (χ2n) is 9.53. The third-order valence-corrected chi connectivity index (χ3v) is 13.0. The summed E-state index contributed by atoms with van der Waals surface area (Å²) < 4.78 is 28.4. The number of aryl methyl sites for hydroxylation is 2. The first-order valence-electron chi connectivity index (χ1n) is 12.2. The van der Waals surface area contributed by atoms with Gasteiger partial charge in [-0.2, -0.15) is 0 Å². The summed E-state index contributed by atoms with van der Waals surface area (Å²) in [5, 5.41) is 3.31. The molecule has 0 amide bonds. The molecule has 4 aromatic rings. The maximum Gasteiger partial charge on any atom is 0.207 e. The predicted molar refractivity (Wildman–Crippen MR) is 164 cm³/mol. The molecule has 1 saturated heterocycles. The number of hydrogen-bond acceptors (Lipinski definition) is 5. The molecule has 2 aliphatic rings. The highest BCUT2D eigenvalue weighted by Crippen LogP contribution is 2.82. The topological polar surface area (TPSA) is 46.2 Å². The van der Waals surface area contributed by atoms with Crippen LogP contribution in [0.1, 0.15) is 27.8 Å². The minimum Gasteiger partial charge on any atom is -0.340 e. The van der Waals surface area contributed by atoms with Crippen molar-refractivity contribution in [1.29, 1.82) is 0 Å². The lowest BCUT2D eigenvalue weighted by molar-refractivity contribution is 0.599. The van der Waals surface area contributed by atoms with Gasteiger partial charge in [-0.25, -0.2) is 8.42 Å². The molecule has 1 spiro atoms. The van der Waals surface area contributed by atoms with E-state index in [1.165, 1.54) is 11.8 Å². The van der Waals surface area contributed by atoms with Crippen molar-refractivity contribution in [3.8, 4) is 0 Å². The van der Waals surface area contributed by atoms with Crippen molar-refractivity contribution in [1.82, 2.24) is 5.32 Å². The molecule has 7 heteroatoms. The van der Waals surface area contributed by atoms with Crippen LogP contribution in [0.25, 0.3) is 5.70 Å². The Bertz CT molecular complexity index is 1620. The normalized spacial score (nSPS) is 20.3. The molecule has 190 valence electrons. The van der Waals surface area contributed by atoms with Crippen LogP contribution in [-0.2, 0) is 14.6 Å². The Morgan fingerprint density at radius 3 is 1.74 bits per heavy atom. The molecule has 0 aliphatic carbocycles. The zero-order chi connectivity index (χ0) is 26.5. The number of thioether (sulfide) groups is 2. The largest absolute Gasteiger partial charge is 0.340 e. The van der Waals surface area contributed by atoms with Crippen LogP contribution in [0.5, 0.6) is 0 Å². The Hall–Kier alpha value is -2.84. The van der Waals surface area contributed by atoms with Crippen LogP contribution >= 0.6 is 35.7 Å². The van der Waals surface area contributed by atoms with Gasteiger partial charge in [0.05, 0.1) is 15.3 Å². The smallest absolute Gasteiger partial charge is 0.207 e. The number of sulfone groups is 1. The molecule has 0 bridgehead atoms. The molecule has 2 aliphatic heterocycles. The summed E-state index contributed by atoms with van der Waals surface area (Å²) in [5.41, 5.74) is 5.55. The SMILES string of the molecule is Cc1ccc(C2=C(S(=O)(=O)c3ccc(C)cc3)C3(SC(=S)N2)SC3(c2ccccc2)c2ccccc2)cc1. The number of thiocarbonyl (C=S) groups is 1. The molecule has 38 heavy (non-hydrogen) atoms. The molecule has 0 radical (unpaired) electrons. The number of nitrogens with one attached hydrogen (secondary N) is 1. The standard InChI is InChI=1S/C31H25NO2S4/c1-21-13-17-23(18-14-21)27-28(38(33,34)26-19-15-22(2)16-20-26)31(36-29(35)32-27)30(37-31,24-9-5-3-6-10-24)25-11-7-4-8-12-25/h3-20H,1-2H3,(H,32,35). The Morgan fingerprint density at radius 2 is 1.21 bits per heavy atom. The van der Waals surface area contributed by atoms with Crippen LogP contribution in [0.2, 0.25) is 0 Å². The minimum atomic E-state index is -3.93. The van der Waals surface area contributed by atoms with E-state index in [2.05, 4.69) is 29.6 Å². The van der Waals surface area contributed by atoms with Crippen molar-refractivity contribution in [2.75, 3.05) is 0 Å². The average Bonchev–Trinajstić information content (AvgIpc) is 3.57. The maximum atomic E-state index is 14.7. The van der Waals surface area contributed by atoms with Crippen molar-refractivity contribution in [3.63, 3.8) is 0 Å². The van der Waals surface area contributed by atoms with E-state index in [1.807, 2.05) is 86.6 Å². The summed E-state index contributed by atoms with van der Waals surface area (Å²) in [6, 6.07) is 35.4. The second-order valence-corrected chi connectivity index (χ2v) is 15.0. The molecule has 0 aromatic heterocycles. The molecule has 3 nitrogen and oxygen atoms in total. The lowest BCUT2D eigenvalue weighted by atomic mass is 9.87. The summed E-state index contributed by atoms with van der Waals surface area (Å²) in [4.78, 5) is 0.633. The highest BCUT2D eigenvalue weighted by Gasteiger charge is 2.77. The van der Waals surface area contributed by atoms with Crippen molar-refractivity contribution in [2.45, 2.75) is 27.6 Å². The van der Waals surface area contributed by atoms with E-state index in [0.29, 0.717) is 14.9 Å². The highest BCUT2D eigenvalue weighted by atomic mass is 32.2. The van der Waals surface area contributed by atoms with E-state index < -0.39 is 18.7 Å². The molecule has 2 heterocycles. The summed E-state index contributed by atoms with van der Waals surface area (Å²) in [6.45, 7) is 3.98. The van der Waals surface area contributed by atoms with E-state index in [1.54, 1.807) is 23.9 Å². The molecular formula is C31H25NO2S4. The number of hydrogen-bond donors (Lipinski definition) is 1. The van der Waals surface area contributed by atoms with Crippen molar-refractivity contribution in [2.24, 2.45) is 0 Å². The van der Waals surface area contributed by atoms with Crippen LogP contribution in [-0.4, -0.2) is 16.8 Å². The molecule has 1 atom stereocenters. The van der Waals surface area contributed by atoms with E-state index in [4.69, 9.17) is 12.2 Å². The Balaban J connectivity index is 1.69. The second kappa shape index (κ2) is 9.42. The van der Waals surface area contributed by atoms with Gasteiger partial charge in [0.25, 0.3) is 0 Å². The number of rotatable bonds is 5. The average molecular weight is 572 g/mol. The summed E-state index contributed by atoms with van der Waals surface area (Å²) in [6.07, 6.45) is 0. The van der Waals surface area contributed by atoms with Crippen LogP contribution in [0, 0.1) is 13.8 Å². The van der Waals surface area contributed by atoms with Gasteiger partial charge < -0.3 is 5.32 Å². The van der Waals surface area contributed by atoms with Gasteiger partial charge in [-0.1, -0.05) is 132 Å². The van der Waals surface area contributed by atoms with Crippen LogP contribution < -0.4 is 5.32 Å². The van der Waals surface area contributed by atoms with E-state index >= 15 is 0 Å². The van der Waals surface area contributed by atoms with Crippen LogP contribution in [0.4, 0.5) is 0 Å². The fraction of sp³-hybridized carbons (Fsp3) is 0.129. The van der Waals surface area contributed by atoms with Gasteiger partial charge in [0.15, 0.2) is 0 Å². The van der Waals surface area contributed by atoms with Gasteiger partial charge in [0, 0.05) is 0 Å². The summed E-state index contributed by atoms with van der Waals surface area (Å²) in [7, 11) is -3.93. The number of benzene rings is 4. The zero-order valence-electron chi connectivity index (χ0n) is 20.8. The first-order valence-corrected chi connectivity index (χ1v) is 15.8. The van der Waals surface area contributed by atoms with E-state index in [0.717, 1.165) is 27.8 Å². The third kappa shape index (κ3) is 3.95. The Labute approximate surface area is 237 Å². The van der Waals surface area contributed by atoms with Gasteiger partial charge in [0.1, 0.15) is 13.3 Å². The van der Waals surface area contributed by atoms with Crippen LogP contribution in [0.3, 0.4) is 0 Å². The van der Waals surface area contributed by atoms with E-state index in [9.17, 15) is 8.42 Å². The van der Waals surface area contributed by atoms with Gasteiger partial charge in [-0.15, -0.1) is 11.8 Å². The fourth-order valence-electron chi connectivity index (χ4n) is 5.10. The van der Waals surface area contributed by atoms with Gasteiger partial charge in [-0.3, -0.25) is 0 Å². The first kappa shape index (κ1) is 25.4. The Kier molecular flexibility index (Phi) is 6.30. The van der Waals surface area contributed by atoms with Crippen molar-refractivity contribution in [3.05, 3.63) is 142 Å². The molecule has 1 unspecified atom stereocenters. The van der Waals surface area contributed by atoms with Gasteiger partial charge in [-0.05, 0) is 42.7 Å². The van der Waals surface area contributed by atoms with Gasteiger partial charge >= 0.3 is 0 Å². The zero-order valence-corrected chi connectivity index (χ0v) is 24.1. The van der Waals surface area contributed by atoms with Gasteiger partial charge in [0.2, 0.25) is 9.84 Å². The maximum absolute atomic E-state index is 14.7. The van der Waals surface area contributed by atoms with Crippen molar-refractivity contribution < 1.29 is 8.42 Å². The Morgan fingerprint density at radius 1 is 0.711 bits per heavy atom.